The molecule has 5 heteroatoms. The highest BCUT2D eigenvalue weighted by Gasteiger charge is 2.11. The molecule has 102 valence electrons. The summed E-state index contributed by atoms with van der Waals surface area (Å²) in [5.74, 6) is 0.0642. The maximum absolute atomic E-state index is 12.9. The van der Waals surface area contributed by atoms with Gasteiger partial charge in [-0.05, 0) is 37.0 Å². The van der Waals surface area contributed by atoms with Crippen LogP contribution in [0.2, 0.25) is 5.02 Å². The first-order chi connectivity index (χ1) is 9.15. The van der Waals surface area contributed by atoms with Gasteiger partial charge in [0.05, 0.1) is 5.02 Å². The Morgan fingerprint density at radius 1 is 1.37 bits per heavy atom. The van der Waals surface area contributed by atoms with Crippen molar-refractivity contribution in [1.29, 1.82) is 0 Å². The lowest BCUT2D eigenvalue weighted by Crippen LogP contribution is -2.24. The fourth-order valence-electron chi connectivity index (χ4n) is 2.15. The van der Waals surface area contributed by atoms with E-state index in [0.29, 0.717) is 11.6 Å². The number of anilines is 1. The number of benzene rings is 1. The number of nitrogens with one attached hydrogen (secondary N) is 2. The molecule has 0 spiro atoms. The van der Waals surface area contributed by atoms with Crippen LogP contribution in [0.5, 0.6) is 0 Å². The molecule has 1 aromatic rings. The first-order valence-electron chi connectivity index (χ1n) is 6.34. The minimum absolute atomic E-state index is 0.0145. The van der Waals surface area contributed by atoms with Crippen LogP contribution in [0.1, 0.15) is 25.7 Å². The fraction of sp³-hybridized carbons (Fsp3) is 0.357. The molecule has 0 aliphatic heterocycles. The van der Waals surface area contributed by atoms with E-state index in [9.17, 15) is 9.18 Å². The highest BCUT2D eigenvalue weighted by molar-refractivity contribution is 6.31. The molecular weight excluding hydrogens is 267 g/mol. The van der Waals surface area contributed by atoms with E-state index in [-0.39, 0.29) is 11.1 Å². The Kier molecular flexibility index (Phi) is 4.80. The molecule has 1 aliphatic rings. The van der Waals surface area contributed by atoms with Gasteiger partial charge in [0, 0.05) is 11.9 Å². The van der Waals surface area contributed by atoms with Crippen molar-refractivity contribution in [3.63, 3.8) is 0 Å². The van der Waals surface area contributed by atoms with Crippen LogP contribution in [0.25, 0.3) is 0 Å². The van der Waals surface area contributed by atoms with E-state index < -0.39 is 5.82 Å². The molecule has 1 fully saturated rings. The monoisotopic (exact) mass is 282 g/mol. The number of carbonyl (C=O) groups excluding carboxylic acids is 1. The lowest BCUT2D eigenvalue weighted by molar-refractivity contribution is 0.255. The molecule has 0 aromatic heterocycles. The summed E-state index contributed by atoms with van der Waals surface area (Å²) in [6, 6.07) is 3.68. The van der Waals surface area contributed by atoms with Crippen LogP contribution in [0, 0.1) is 11.7 Å². The summed E-state index contributed by atoms with van der Waals surface area (Å²) in [6.45, 7) is 0. The third kappa shape index (κ3) is 4.24. The first-order valence-corrected chi connectivity index (χ1v) is 6.72. The van der Waals surface area contributed by atoms with Gasteiger partial charge in [0.25, 0.3) is 0 Å². The Hall–Kier alpha value is -1.55. The normalized spacial score (nSPS) is 15.9. The lowest BCUT2D eigenvalue weighted by Gasteiger charge is -2.06. The first kappa shape index (κ1) is 13.9. The Bertz CT molecular complexity index is 484. The SMILES string of the molecule is O=C(N/C=C/C1CCCC1)Nc1ccc(F)c(Cl)c1. The summed E-state index contributed by atoms with van der Waals surface area (Å²) < 4.78 is 12.9. The van der Waals surface area contributed by atoms with Gasteiger partial charge < -0.3 is 10.6 Å². The van der Waals surface area contributed by atoms with E-state index >= 15 is 0 Å². The van der Waals surface area contributed by atoms with Gasteiger partial charge >= 0.3 is 6.03 Å². The second-order valence-electron chi connectivity index (χ2n) is 4.63. The number of urea groups is 1. The van der Waals surface area contributed by atoms with Gasteiger partial charge in [-0.15, -0.1) is 0 Å². The van der Waals surface area contributed by atoms with Crippen molar-refractivity contribution in [3.05, 3.63) is 41.3 Å². The van der Waals surface area contributed by atoms with E-state index in [1.807, 2.05) is 6.08 Å². The zero-order valence-corrected chi connectivity index (χ0v) is 11.2. The van der Waals surface area contributed by atoms with Crippen molar-refractivity contribution >= 4 is 23.3 Å². The lowest BCUT2D eigenvalue weighted by atomic mass is 10.1. The summed E-state index contributed by atoms with van der Waals surface area (Å²) in [6.07, 6.45) is 8.58. The van der Waals surface area contributed by atoms with E-state index in [4.69, 9.17) is 11.6 Å². The second kappa shape index (κ2) is 6.57. The smallest absolute Gasteiger partial charge is 0.315 e. The topological polar surface area (TPSA) is 41.1 Å². The average molecular weight is 283 g/mol. The molecule has 3 nitrogen and oxygen atoms in total. The number of carbonyl (C=O) groups is 1. The molecule has 1 aliphatic carbocycles. The number of hydrogen-bond acceptors (Lipinski definition) is 1. The van der Waals surface area contributed by atoms with Gasteiger partial charge in [-0.25, -0.2) is 9.18 Å². The molecule has 2 rings (SSSR count). The summed E-state index contributed by atoms with van der Waals surface area (Å²) in [4.78, 5) is 11.6. The van der Waals surface area contributed by atoms with E-state index in [2.05, 4.69) is 10.6 Å². The zero-order chi connectivity index (χ0) is 13.7. The molecule has 0 heterocycles. The van der Waals surface area contributed by atoms with E-state index in [1.54, 1.807) is 6.20 Å². The Morgan fingerprint density at radius 3 is 2.79 bits per heavy atom. The molecule has 2 amide bonds. The van der Waals surface area contributed by atoms with Crippen molar-refractivity contribution < 1.29 is 9.18 Å². The average Bonchev–Trinajstić information content (AvgIpc) is 2.87. The molecule has 0 radical (unpaired) electrons. The number of hydrogen-bond donors (Lipinski definition) is 2. The van der Waals surface area contributed by atoms with Gasteiger partial charge in [0.2, 0.25) is 0 Å². The van der Waals surface area contributed by atoms with Gasteiger partial charge in [-0.3, -0.25) is 0 Å². The molecule has 19 heavy (non-hydrogen) atoms. The van der Waals surface area contributed by atoms with Crippen LogP contribution < -0.4 is 10.6 Å². The fourth-order valence-corrected chi connectivity index (χ4v) is 2.33. The van der Waals surface area contributed by atoms with Crippen LogP contribution >= 0.6 is 11.6 Å². The van der Waals surface area contributed by atoms with Crippen LogP contribution in [0.4, 0.5) is 14.9 Å². The van der Waals surface area contributed by atoms with Crippen molar-refractivity contribution in [3.8, 4) is 0 Å². The number of halogens is 2. The Balaban J connectivity index is 1.81. The summed E-state index contributed by atoms with van der Waals surface area (Å²) in [5, 5.41) is 5.19. The molecule has 1 saturated carbocycles. The summed E-state index contributed by atoms with van der Waals surface area (Å²) in [7, 11) is 0. The zero-order valence-electron chi connectivity index (χ0n) is 10.5. The summed E-state index contributed by atoms with van der Waals surface area (Å²) >= 11 is 5.63. The second-order valence-corrected chi connectivity index (χ2v) is 5.04. The van der Waals surface area contributed by atoms with Crippen LogP contribution in [-0.2, 0) is 0 Å². The molecular formula is C14H16ClFN2O. The largest absolute Gasteiger partial charge is 0.323 e. The van der Waals surface area contributed by atoms with Gasteiger partial charge in [-0.1, -0.05) is 30.5 Å². The molecule has 2 N–H and O–H groups in total. The minimum atomic E-state index is -0.506. The van der Waals surface area contributed by atoms with Crippen molar-refractivity contribution in [2.75, 3.05) is 5.32 Å². The standard InChI is InChI=1S/C14H16ClFN2O/c15-12-9-11(5-6-13(12)16)18-14(19)17-8-7-10-3-1-2-4-10/h5-10H,1-4H2,(H2,17,18,19)/b8-7+. The third-order valence-electron chi connectivity index (χ3n) is 3.16. The van der Waals surface area contributed by atoms with Crippen LogP contribution in [-0.4, -0.2) is 6.03 Å². The van der Waals surface area contributed by atoms with Crippen LogP contribution in [0.3, 0.4) is 0 Å². The van der Waals surface area contributed by atoms with Gasteiger partial charge in [0.1, 0.15) is 5.82 Å². The molecule has 0 saturated heterocycles. The number of amides is 2. The molecule has 0 bridgehead atoms. The van der Waals surface area contributed by atoms with Crippen molar-refractivity contribution in [2.45, 2.75) is 25.7 Å². The number of rotatable bonds is 3. The maximum atomic E-state index is 12.9. The predicted molar refractivity (Wildman–Crippen MR) is 74.7 cm³/mol. The minimum Gasteiger partial charge on any atom is -0.315 e. The Morgan fingerprint density at radius 2 is 2.11 bits per heavy atom. The van der Waals surface area contributed by atoms with Gasteiger partial charge in [-0.2, -0.15) is 0 Å². The quantitative estimate of drug-likeness (QED) is 0.852. The maximum Gasteiger partial charge on any atom is 0.323 e. The predicted octanol–water partition coefficient (Wildman–Crippen LogP) is 4.30. The van der Waals surface area contributed by atoms with E-state index in [1.165, 1.54) is 43.9 Å². The Labute approximate surface area is 116 Å². The van der Waals surface area contributed by atoms with Crippen LogP contribution in [0.15, 0.2) is 30.5 Å². The highest BCUT2D eigenvalue weighted by Crippen LogP contribution is 2.25. The van der Waals surface area contributed by atoms with Gasteiger partial charge in [0.15, 0.2) is 0 Å². The highest BCUT2D eigenvalue weighted by atomic mass is 35.5. The van der Waals surface area contributed by atoms with Crippen molar-refractivity contribution in [2.24, 2.45) is 5.92 Å². The van der Waals surface area contributed by atoms with E-state index in [0.717, 1.165) is 0 Å². The van der Waals surface area contributed by atoms with Crippen molar-refractivity contribution in [1.82, 2.24) is 5.32 Å². The molecule has 1 aromatic carbocycles. The number of allylic oxidation sites excluding steroid dienone is 1. The molecule has 0 unspecified atom stereocenters. The molecule has 0 atom stereocenters. The summed E-state index contributed by atoms with van der Waals surface area (Å²) in [5.41, 5.74) is 0.457. The third-order valence-corrected chi connectivity index (χ3v) is 3.45.